The van der Waals surface area contributed by atoms with Gasteiger partial charge in [-0.1, -0.05) is 46.4 Å². The van der Waals surface area contributed by atoms with Crippen molar-refractivity contribution in [1.82, 2.24) is 4.98 Å². The van der Waals surface area contributed by atoms with Gasteiger partial charge in [-0.15, -0.1) is 11.3 Å². The summed E-state index contributed by atoms with van der Waals surface area (Å²) in [5.41, 5.74) is 1.57. The fourth-order valence-electron chi connectivity index (χ4n) is 2.27. The molecule has 0 aliphatic carbocycles. The molecule has 138 valence electrons. The molecule has 1 heterocycles. The number of thiazole rings is 1. The highest BCUT2D eigenvalue weighted by atomic mass is 35.5. The summed E-state index contributed by atoms with van der Waals surface area (Å²) < 4.78 is 0. The van der Waals surface area contributed by atoms with Gasteiger partial charge >= 0.3 is 0 Å². The highest BCUT2D eigenvalue weighted by molar-refractivity contribution is 7.15. The first-order chi connectivity index (χ1) is 12.9. The zero-order chi connectivity index (χ0) is 19.4. The van der Waals surface area contributed by atoms with Crippen LogP contribution in [-0.4, -0.2) is 10.9 Å². The zero-order valence-corrected chi connectivity index (χ0v) is 17.5. The number of hydrogen-bond acceptors (Lipinski definition) is 3. The number of rotatable bonds is 5. The lowest BCUT2D eigenvalue weighted by Gasteiger charge is -2.02. The van der Waals surface area contributed by atoms with E-state index in [-0.39, 0.29) is 5.91 Å². The van der Waals surface area contributed by atoms with Gasteiger partial charge in [0.25, 0.3) is 0 Å². The molecule has 0 saturated carbocycles. The Labute approximate surface area is 180 Å². The molecule has 8 heteroatoms. The van der Waals surface area contributed by atoms with Crippen molar-refractivity contribution in [1.29, 1.82) is 0 Å². The summed E-state index contributed by atoms with van der Waals surface area (Å²) in [5, 5.41) is 5.54. The molecule has 0 bridgehead atoms. The number of hydrogen-bond donors (Lipinski definition) is 1. The molecule has 1 N–H and O–H groups in total. The van der Waals surface area contributed by atoms with E-state index in [1.54, 1.807) is 42.6 Å². The second-order valence-electron chi connectivity index (χ2n) is 5.53. The van der Waals surface area contributed by atoms with Crippen LogP contribution in [0.3, 0.4) is 0 Å². The number of aromatic nitrogens is 1. The summed E-state index contributed by atoms with van der Waals surface area (Å²) in [7, 11) is 0. The number of nitrogens with zero attached hydrogens (tertiary/aromatic N) is 1. The Hall–Kier alpha value is -1.56. The first-order valence-electron chi connectivity index (χ1n) is 7.73. The van der Waals surface area contributed by atoms with Crippen LogP contribution >= 0.6 is 57.7 Å². The molecule has 0 aliphatic heterocycles. The molecule has 0 unspecified atom stereocenters. The third-order valence-corrected chi connectivity index (χ3v) is 5.62. The lowest BCUT2D eigenvalue weighted by Crippen LogP contribution is -2.07. The van der Waals surface area contributed by atoms with Crippen molar-refractivity contribution in [2.24, 2.45) is 0 Å². The Morgan fingerprint density at radius 1 is 1.04 bits per heavy atom. The van der Waals surface area contributed by atoms with Gasteiger partial charge in [0.1, 0.15) is 0 Å². The van der Waals surface area contributed by atoms with Crippen molar-refractivity contribution in [2.75, 3.05) is 5.32 Å². The van der Waals surface area contributed by atoms with Crippen LogP contribution in [0.15, 0.2) is 48.7 Å². The van der Waals surface area contributed by atoms with Gasteiger partial charge in [0.2, 0.25) is 5.91 Å². The molecule has 0 aliphatic rings. The average molecular weight is 458 g/mol. The molecule has 2 aromatic carbocycles. The molecule has 27 heavy (non-hydrogen) atoms. The predicted octanol–water partition coefficient (Wildman–Crippen LogP) is 7.00. The van der Waals surface area contributed by atoms with E-state index in [1.807, 2.05) is 6.07 Å². The Morgan fingerprint density at radius 2 is 1.74 bits per heavy atom. The topological polar surface area (TPSA) is 42.0 Å². The fraction of sp³-hybridized carbons (Fsp3) is 0.0526. The summed E-state index contributed by atoms with van der Waals surface area (Å²) in [4.78, 5) is 17.3. The molecule has 3 aromatic rings. The van der Waals surface area contributed by atoms with Crippen molar-refractivity contribution in [3.63, 3.8) is 0 Å². The predicted molar refractivity (Wildman–Crippen MR) is 116 cm³/mol. The first kappa shape index (κ1) is 20.2. The summed E-state index contributed by atoms with van der Waals surface area (Å²) in [6.07, 6.45) is 5.27. The van der Waals surface area contributed by atoms with Crippen molar-refractivity contribution in [2.45, 2.75) is 6.42 Å². The number of benzene rings is 2. The standard InChI is InChI=1S/C19H12Cl4N2OS/c20-13-2-4-16(22)11(7-13)1-6-18(26)25-19-24-10-15(27-19)9-12-8-14(21)3-5-17(12)23/h1-8,10H,9H2,(H,24,25,26)/b6-1+. The highest BCUT2D eigenvalue weighted by Gasteiger charge is 2.08. The third kappa shape index (κ3) is 5.71. The van der Waals surface area contributed by atoms with Gasteiger partial charge in [-0.25, -0.2) is 4.98 Å². The van der Waals surface area contributed by atoms with Gasteiger partial charge in [0.05, 0.1) is 0 Å². The molecule has 0 fully saturated rings. The normalized spacial score (nSPS) is 11.1. The second-order valence-corrected chi connectivity index (χ2v) is 8.34. The van der Waals surface area contributed by atoms with Crippen molar-refractivity contribution in [3.8, 4) is 0 Å². The number of carbonyl (C=O) groups excluding carboxylic acids is 1. The van der Waals surface area contributed by atoms with Crippen LogP contribution in [-0.2, 0) is 11.2 Å². The Kier molecular flexibility index (Phi) is 6.79. The van der Waals surface area contributed by atoms with Crippen LogP contribution in [0.5, 0.6) is 0 Å². The molecule has 1 aromatic heterocycles. The van der Waals surface area contributed by atoms with Crippen LogP contribution in [0.4, 0.5) is 5.13 Å². The fourth-order valence-corrected chi connectivity index (χ4v) is 3.85. The number of halogens is 4. The third-order valence-electron chi connectivity index (χ3n) is 3.53. The molecule has 0 atom stereocenters. The SMILES string of the molecule is O=C(/C=C/c1cc(Cl)ccc1Cl)Nc1ncc(Cc2cc(Cl)ccc2Cl)s1. The van der Waals surface area contributed by atoms with Crippen molar-refractivity contribution < 1.29 is 4.79 Å². The van der Waals surface area contributed by atoms with E-state index in [4.69, 9.17) is 46.4 Å². The lowest BCUT2D eigenvalue weighted by atomic mass is 10.1. The van der Waals surface area contributed by atoms with Gasteiger partial charge in [-0.05, 0) is 53.6 Å². The van der Waals surface area contributed by atoms with Crippen molar-refractivity contribution >= 4 is 74.9 Å². The summed E-state index contributed by atoms with van der Waals surface area (Å²) in [6, 6.07) is 10.4. The number of carbonyl (C=O) groups is 1. The zero-order valence-electron chi connectivity index (χ0n) is 13.7. The van der Waals surface area contributed by atoms with E-state index < -0.39 is 0 Å². The van der Waals surface area contributed by atoms with E-state index in [2.05, 4.69) is 10.3 Å². The van der Waals surface area contributed by atoms with Crippen LogP contribution in [0, 0.1) is 0 Å². The molecule has 0 spiro atoms. The largest absolute Gasteiger partial charge is 0.298 e. The Balaban J connectivity index is 1.65. The van der Waals surface area contributed by atoms with Gasteiger partial charge in [0, 0.05) is 43.7 Å². The average Bonchev–Trinajstić information content (AvgIpc) is 3.06. The van der Waals surface area contributed by atoms with Gasteiger partial charge < -0.3 is 0 Å². The minimum atomic E-state index is -0.312. The monoisotopic (exact) mass is 456 g/mol. The van der Waals surface area contributed by atoms with E-state index in [9.17, 15) is 4.79 Å². The van der Waals surface area contributed by atoms with E-state index in [1.165, 1.54) is 17.4 Å². The summed E-state index contributed by atoms with van der Waals surface area (Å²) >= 11 is 25.6. The quantitative estimate of drug-likeness (QED) is 0.419. The van der Waals surface area contributed by atoms with Crippen LogP contribution in [0.1, 0.15) is 16.0 Å². The van der Waals surface area contributed by atoms with Crippen LogP contribution in [0.25, 0.3) is 6.08 Å². The Morgan fingerprint density at radius 3 is 2.52 bits per heavy atom. The molecule has 0 radical (unpaired) electrons. The summed E-state index contributed by atoms with van der Waals surface area (Å²) in [6.45, 7) is 0. The molecule has 1 amide bonds. The minimum Gasteiger partial charge on any atom is -0.298 e. The van der Waals surface area contributed by atoms with Crippen molar-refractivity contribution in [3.05, 3.63) is 84.8 Å². The molecular weight excluding hydrogens is 446 g/mol. The highest BCUT2D eigenvalue weighted by Crippen LogP contribution is 2.27. The van der Waals surface area contributed by atoms with Gasteiger partial charge in [0.15, 0.2) is 5.13 Å². The van der Waals surface area contributed by atoms with E-state index in [0.717, 1.165) is 10.4 Å². The minimum absolute atomic E-state index is 0.312. The molecule has 0 saturated heterocycles. The molecule has 3 nitrogen and oxygen atoms in total. The smallest absolute Gasteiger partial charge is 0.250 e. The van der Waals surface area contributed by atoms with E-state index >= 15 is 0 Å². The van der Waals surface area contributed by atoms with Gasteiger partial charge in [-0.2, -0.15) is 0 Å². The number of nitrogens with one attached hydrogen (secondary N) is 1. The Bertz CT molecular complexity index is 1020. The maximum atomic E-state index is 12.1. The molecular formula is C19H12Cl4N2OS. The number of anilines is 1. The second kappa shape index (κ2) is 9.09. The van der Waals surface area contributed by atoms with Crippen LogP contribution < -0.4 is 5.32 Å². The number of amides is 1. The van der Waals surface area contributed by atoms with Gasteiger partial charge in [-0.3, -0.25) is 10.1 Å². The van der Waals surface area contributed by atoms with Crippen LogP contribution in [0.2, 0.25) is 20.1 Å². The maximum Gasteiger partial charge on any atom is 0.250 e. The summed E-state index contributed by atoms with van der Waals surface area (Å²) in [5.74, 6) is -0.312. The maximum absolute atomic E-state index is 12.1. The van der Waals surface area contributed by atoms with E-state index in [0.29, 0.717) is 37.2 Å². The molecule has 3 rings (SSSR count). The first-order valence-corrected chi connectivity index (χ1v) is 10.1. The lowest BCUT2D eigenvalue weighted by molar-refractivity contribution is -0.111.